The van der Waals surface area contributed by atoms with E-state index in [0.29, 0.717) is 19.3 Å². The highest BCUT2D eigenvalue weighted by molar-refractivity contribution is 5.63. The minimum atomic E-state index is -0.295. The first kappa shape index (κ1) is 28.4. The van der Waals surface area contributed by atoms with E-state index in [4.69, 9.17) is 23.7 Å². The standard InChI is InChI=1S/C38H45NO5/c1-3-21-43-38-18-17-32(42-25-28-11-14-30(40-2)15-12-28)36-37(38)19-20-39(23-26-9-10-26)33(38)22-29-13-16-31(35(44-36)34(29)37)41-24-27-7-5-4-6-8-27/h4-8,11-16,26,32-33,36H,3,9-10,17-25H2,1-2H3/t32?,33-,36?,37+,38-/m1/s1. The molecule has 5 aliphatic rings. The molecule has 0 amide bonds. The zero-order valence-corrected chi connectivity index (χ0v) is 26.1. The van der Waals surface area contributed by atoms with Crippen molar-refractivity contribution in [3.8, 4) is 17.2 Å². The first-order valence-corrected chi connectivity index (χ1v) is 16.8. The second kappa shape index (κ2) is 11.4. The smallest absolute Gasteiger partial charge is 0.166 e. The van der Waals surface area contributed by atoms with Crippen molar-refractivity contribution in [1.82, 2.24) is 4.90 Å². The van der Waals surface area contributed by atoms with E-state index >= 15 is 0 Å². The van der Waals surface area contributed by atoms with Crippen molar-refractivity contribution in [2.24, 2.45) is 5.92 Å². The van der Waals surface area contributed by atoms with Gasteiger partial charge in [-0.15, -0.1) is 0 Å². The molecule has 3 fully saturated rings. The molecule has 5 atom stereocenters. The predicted octanol–water partition coefficient (Wildman–Crippen LogP) is 6.86. The molecule has 1 spiro atoms. The number of rotatable bonds is 12. The van der Waals surface area contributed by atoms with Crippen molar-refractivity contribution in [3.63, 3.8) is 0 Å². The van der Waals surface area contributed by atoms with E-state index < -0.39 is 0 Å². The van der Waals surface area contributed by atoms with Crippen LogP contribution in [0.15, 0.2) is 66.7 Å². The molecule has 6 nitrogen and oxygen atoms in total. The van der Waals surface area contributed by atoms with E-state index in [1.54, 1.807) is 7.11 Å². The summed E-state index contributed by atoms with van der Waals surface area (Å²) in [7, 11) is 1.70. The molecule has 8 rings (SSSR count). The van der Waals surface area contributed by atoms with E-state index in [-0.39, 0.29) is 23.2 Å². The molecular formula is C38H45NO5. The van der Waals surface area contributed by atoms with Gasteiger partial charge >= 0.3 is 0 Å². The average molecular weight is 596 g/mol. The Morgan fingerprint density at radius 2 is 1.73 bits per heavy atom. The molecular weight excluding hydrogens is 550 g/mol. The maximum absolute atomic E-state index is 7.25. The van der Waals surface area contributed by atoms with Crippen LogP contribution in [-0.2, 0) is 34.5 Å². The highest BCUT2D eigenvalue weighted by atomic mass is 16.6. The molecule has 44 heavy (non-hydrogen) atoms. The quantitative estimate of drug-likeness (QED) is 0.228. The lowest BCUT2D eigenvalue weighted by atomic mass is 9.48. The fourth-order valence-electron chi connectivity index (χ4n) is 8.92. The van der Waals surface area contributed by atoms with Gasteiger partial charge in [0.25, 0.3) is 0 Å². The van der Waals surface area contributed by atoms with E-state index in [2.05, 4.69) is 60.4 Å². The van der Waals surface area contributed by atoms with Gasteiger partial charge in [0.15, 0.2) is 11.5 Å². The van der Waals surface area contributed by atoms with E-state index in [1.807, 2.05) is 18.2 Å². The van der Waals surface area contributed by atoms with Gasteiger partial charge in [-0.2, -0.15) is 0 Å². The summed E-state index contributed by atoms with van der Waals surface area (Å²) in [6.07, 6.45) is 7.53. The molecule has 0 N–H and O–H groups in total. The molecule has 1 saturated heterocycles. The van der Waals surface area contributed by atoms with Crippen molar-refractivity contribution >= 4 is 0 Å². The SMILES string of the molecule is CCCO[C@@]12CCC(OCc3ccc(OC)cc3)C3Oc4c(OCc5ccccc5)ccc5c4[C@@]31CCN(CC1CC1)[C@@H]2C5. The van der Waals surface area contributed by atoms with Crippen LogP contribution in [0.5, 0.6) is 17.2 Å². The molecule has 6 heteroatoms. The summed E-state index contributed by atoms with van der Waals surface area (Å²) >= 11 is 0. The monoisotopic (exact) mass is 595 g/mol. The normalized spacial score (nSPS) is 30.0. The number of likely N-dealkylation sites (tertiary alicyclic amines) is 1. The van der Waals surface area contributed by atoms with Gasteiger partial charge in [-0.3, -0.25) is 4.90 Å². The maximum Gasteiger partial charge on any atom is 0.166 e. The second-order valence-electron chi connectivity index (χ2n) is 13.6. The molecule has 3 aromatic rings. The third-order valence-electron chi connectivity index (χ3n) is 11.1. The third-order valence-corrected chi connectivity index (χ3v) is 11.1. The Balaban J connectivity index is 1.18. The van der Waals surface area contributed by atoms with Gasteiger partial charge in [-0.25, -0.2) is 0 Å². The third kappa shape index (κ3) is 4.55. The van der Waals surface area contributed by atoms with Crippen LogP contribution in [-0.4, -0.2) is 55.6 Å². The molecule has 2 heterocycles. The Bertz CT molecular complexity index is 1470. The number of hydrogen-bond acceptors (Lipinski definition) is 6. The van der Waals surface area contributed by atoms with Crippen LogP contribution in [0, 0.1) is 5.92 Å². The lowest BCUT2D eigenvalue weighted by molar-refractivity contribution is -0.239. The highest BCUT2D eigenvalue weighted by Gasteiger charge is 2.74. The Labute approximate surface area is 261 Å². The minimum Gasteiger partial charge on any atom is -0.497 e. The summed E-state index contributed by atoms with van der Waals surface area (Å²) < 4.78 is 33.2. The minimum absolute atomic E-state index is 0.0357. The van der Waals surface area contributed by atoms with Crippen LogP contribution in [0.4, 0.5) is 0 Å². The van der Waals surface area contributed by atoms with Crippen molar-refractivity contribution in [2.45, 2.75) is 94.3 Å². The van der Waals surface area contributed by atoms with Crippen LogP contribution < -0.4 is 14.2 Å². The number of methoxy groups -OCH3 is 1. The first-order valence-electron chi connectivity index (χ1n) is 16.8. The molecule has 3 aliphatic carbocycles. The van der Waals surface area contributed by atoms with Gasteiger partial charge < -0.3 is 23.7 Å². The first-order chi connectivity index (χ1) is 21.6. The summed E-state index contributed by atoms with van der Waals surface area (Å²) in [6, 6.07) is 23.4. The van der Waals surface area contributed by atoms with Crippen molar-refractivity contribution in [2.75, 3.05) is 26.8 Å². The lowest BCUT2D eigenvalue weighted by Gasteiger charge is -2.66. The second-order valence-corrected chi connectivity index (χ2v) is 13.6. The zero-order chi connectivity index (χ0) is 29.7. The van der Waals surface area contributed by atoms with Crippen LogP contribution >= 0.6 is 0 Å². The molecule has 3 aromatic carbocycles. The van der Waals surface area contributed by atoms with Crippen molar-refractivity contribution in [3.05, 3.63) is 89.0 Å². The molecule has 2 saturated carbocycles. The van der Waals surface area contributed by atoms with Gasteiger partial charge in [-0.1, -0.05) is 55.5 Å². The fourth-order valence-corrected chi connectivity index (χ4v) is 8.92. The van der Waals surface area contributed by atoms with Crippen LogP contribution in [0.3, 0.4) is 0 Å². The Kier molecular flexibility index (Phi) is 7.35. The Morgan fingerprint density at radius 3 is 2.50 bits per heavy atom. The van der Waals surface area contributed by atoms with Gasteiger partial charge in [0.05, 0.1) is 30.8 Å². The van der Waals surface area contributed by atoms with Crippen LogP contribution in [0.1, 0.15) is 67.7 Å². The van der Waals surface area contributed by atoms with Gasteiger partial charge in [-0.05, 0) is 92.3 Å². The summed E-state index contributed by atoms with van der Waals surface area (Å²) in [5.41, 5.74) is 4.50. The van der Waals surface area contributed by atoms with Crippen molar-refractivity contribution < 1.29 is 23.7 Å². The summed E-state index contributed by atoms with van der Waals surface area (Å²) in [4.78, 5) is 2.80. The summed E-state index contributed by atoms with van der Waals surface area (Å²) in [5.74, 6) is 3.48. The molecule has 0 radical (unpaired) electrons. The topological polar surface area (TPSA) is 49.4 Å². The maximum atomic E-state index is 7.25. The average Bonchev–Trinajstić information content (AvgIpc) is 3.82. The van der Waals surface area contributed by atoms with Gasteiger partial charge in [0.1, 0.15) is 18.5 Å². The number of piperidine rings is 1. The Morgan fingerprint density at radius 1 is 0.909 bits per heavy atom. The summed E-state index contributed by atoms with van der Waals surface area (Å²) in [6.45, 7) is 6.34. The van der Waals surface area contributed by atoms with Gasteiger partial charge in [0.2, 0.25) is 0 Å². The number of hydrogen-bond donors (Lipinski definition) is 0. The fraction of sp³-hybridized carbons (Fsp3) is 0.526. The van der Waals surface area contributed by atoms with Gasteiger partial charge in [0, 0.05) is 24.8 Å². The van der Waals surface area contributed by atoms with Crippen molar-refractivity contribution in [1.29, 1.82) is 0 Å². The molecule has 0 aromatic heterocycles. The predicted molar refractivity (Wildman–Crippen MR) is 169 cm³/mol. The lowest BCUT2D eigenvalue weighted by Crippen LogP contribution is -2.78. The molecule has 232 valence electrons. The van der Waals surface area contributed by atoms with Crippen LogP contribution in [0.25, 0.3) is 0 Å². The Hall–Kier alpha value is -3.06. The highest BCUT2D eigenvalue weighted by Crippen LogP contribution is 2.67. The number of ether oxygens (including phenoxy) is 5. The van der Waals surface area contributed by atoms with E-state index in [1.165, 1.54) is 30.5 Å². The number of benzene rings is 3. The zero-order valence-electron chi connectivity index (χ0n) is 26.1. The number of nitrogens with zero attached hydrogens (tertiary/aromatic N) is 1. The van der Waals surface area contributed by atoms with Crippen LogP contribution in [0.2, 0.25) is 0 Å². The van der Waals surface area contributed by atoms with E-state index in [0.717, 1.165) is 79.5 Å². The molecule has 2 aliphatic heterocycles. The largest absolute Gasteiger partial charge is 0.497 e. The summed E-state index contributed by atoms with van der Waals surface area (Å²) in [5, 5.41) is 0. The molecule has 2 bridgehead atoms. The molecule has 2 unspecified atom stereocenters. The van der Waals surface area contributed by atoms with E-state index in [9.17, 15) is 0 Å².